The van der Waals surface area contributed by atoms with Crippen molar-refractivity contribution in [2.75, 3.05) is 33.3 Å². The SMILES string of the molecule is CN[C@@H](C)C(=O)NC(C(=O)N1CCCC1CN(CCc1ccccc1)C(=O)COC(=O)c1ccccc1)C(C)(C)C.Cc1ccccc1. The van der Waals surface area contributed by atoms with Crippen molar-refractivity contribution >= 4 is 23.7 Å². The zero-order chi connectivity index (χ0) is 35.1. The van der Waals surface area contributed by atoms with Crippen molar-refractivity contribution in [1.29, 1.82) is 0 Å². The maximum Gasteiger partial charge on any atom is 0.338 e. The topological polar surface area (TPSA) is 108 Å². The molecule has 0 aliphatic carbocycles. The molecule has 9 heteroatoms. The highest BCUT2D eigenvalue weighted by atomic mass is 16.5. The van der Waals surface area contributed by atoms with E-state index < -0.39 is 23.5 Å². The van der Waals surface area contributed by atoms with Gasteiger partial charge in [-0.1, -0.05) is 105 Å². The zero-order valence-electron chi connectivity index (χ0n) is 29.3. The summed E-state index contributed by atoms with van der Waals surface area (Å²) in [6.07, 6.45) is 2.17. The standard InChI is InChI=1S/C32H44N4O5.C7H8/c1-23(33-5)29(38)34-28(32(2,3)4)30(39)36-19-12-17-26(36)21-35(20-18-24-13-8-6-9-14-24)27(37)22-41-31(40)25-15-10-7-11-16-25;1-7-5-3-2-4-6-7/h6-11,13-16,23,26,28,33H,12,17-22H2,1-5H3,(H,34,38);2-6H,1H3/t23-,26?,28?;/m0./s1. The van der Waals surface area contributed by atoms with Gasteiger partial charge in [-0.15, -0.1) is 0 Å². The number of aryl methyl sites for hydroxylation is 1. The molecule has 3 amide bonds. The number of likely N-dealkylation sites (tertiary alicyclic amines) is 1. The molecule has 3 atom stereocenters. The van der Waals surface area contributed by atoms with Crippen molar-refractivity contribution in [1.82, 2.24) is 20.4 Å². The van der Waals surface area contributed by atoms with Gasteiger partial charge in [0.15, 0.2) is 6.61 Å². The third-order valence-electron chi connectivity index (χ3n) is 8.46. The highest BCUT2D eigenvalue weighted by Crippen LogP contribution is 2.26. The second-order valence-corrected chi connectivity index (χ2v) is 13.3. The van der Waals surface area contributed by atoms with Crippen molar-refractivity contribution in [3.8, 4) is 0 Å². The lowest BCUT2D eigenvalue weighted by atomic mass is 9.85. The molecule has 4 rings (SSSR count). The fraction of sp³-hybridized carbons (Fsp3) is 0.436. The van der Waals surface area contributed by atoms with Crippen LogP contribution in [0.3, 0.4) is 0 Å². The summed E-state index contributed by atoms with van der Waals surface area (Å²) in [6, 6.07) is 27.3. The summed E-state index contributed by atoms with van der Waals surface area (Å²) < 4.78 is 5.36. The van der Waals surface area contributed by atoms with Crippen LogP contribution in [0.25, 0.3) is 0 Å². The Balaban J connectivity index is 0.000000789. The lowest BCUT2D eigenvalue weighted by Crippen LogP contribution is -2.59. The molecule has 0 spiro atoms. The van der Waals surface area contributed by atoms with Gasteiger partial charge in [-0.25, -0.2) is 4.79 Å². The third-order valence-corrected chi connectivity index (χ3v) is 8.46. The molecule has 1 aliphatic rings. The van der Waals surface area contributed by atoms with Gasteiger partial charge in [0.2, 0.25) is 11.8 Å². The minimum Gasteiger partial charge on any atom is -0.452 e. The van der Waals surface area contributed by atoms with E-state index in [4.69, 9.17) is 4.74 Å². The van der Waals surface area contributed by atoms with Crippen LogP contribution in [0.15, 0.2) is 91.0 Å². The van der Waals surface area contributed by atoms with Gasteiger partial charge in [0.1, 0.15) is 6.04 Å². The van der Waals surface area contributed by atoms with Gasteiger partial charge in [-0.2, -0.15) is 0 Å². The largest absolute Gasteiger partial charge is 0.452 e. The molecular formula is C39H52N4O5. The summed E-state index contributed by atoms with van der Waals surface area (Å²) in [4.78, 5) is 55.9. The van der Waals surface area contributed by atoms with E-state index in [2.05, 4.69) is 29.7 Å². The summed E-state index contributed by atoms with van der Waals surface area (Å²) >= 11 is 0. The lowest BCUT2D eigenvalue weighted by molar-refractivity contribution is -0.142. The molecule has 0 bridgehead atoms. The van der Waals surface area contributed by atoms with Crippen molar-refractivity contribution in [2.45, 2.75) is 72.0 Å². The van der Waals surface area contributed by atoms with Crippen LogP contribution in [0.5, 0.6) is 0 Å². The average Bonchev–Trinajstić information content (AvgIpc) is 3.56. The highest BCUT2D eigenvalue weighted by molar-refractivity contribution is 5.92. The number of carbonyl (C=O) groups is 4. The summed E-state index contributed by atoms with van der Waals surface area (Å²) in [5.74, 6) is -1.26. The molecule has 0 radical (unpaired) electrons. The number of benzene rings is 3. The van der Waals surface area contributed by atoms with Gasteiger partial charge in [0, 0.05) is 25.7 Å². The molecule has 1 heterocycles. The van der Waals surface area contributed by atoms with Gasteiger partial charge in [-0.05, 0) is 63.3 Å². The second kappa shape index (κ2) is 18.7. The molecule has 1 saturated heterocycles. The number of rotatable bonds is 12. The Kier molecular flexibility index (Phi) is 14.8. The molecule has 0 saturated carbocycles. The van der Waals surface area contributed by atoms with Crippen LogP contribution in [-0.4, -0.2) is 84.9 Å². The van der Waals surface area contributed by atoms with E-state index in [9.17, 15) is 19.2 Å². The second-order valence-electron chi connectivity index (χ2n) is 13.3. The van der Waals surface area contributed by atoms with Crippen molar-refractivity contribution in [3.63, 3.8) is 0 Å². The van der Waals surface area contributed by atoms with Crippen molar-refractivity contribution in [2.24, 2.45) is 5.41 Å². The first-order valence-corrected chi connectivity index (χ1v) is 16.7. The van der Waals surface area contributed by atoms with Gasteiger partial charge >= 0.3 is 5.97 Å². The van der Waals surface area contributed by atoms with Crippen LogP contribution < -0.4 is 10.6 Å². The van der Waals surface area contributed by atoms with E-state index in [1.54, 1.807) is 54.1 Å². The molecule has 3 aromatic rings. The Hall–Kier alpha value is -4.50. The summed E-state index contributed by atoms with van der Waals surface area (Å²) in [5.41, 5.74) is 2.27. The van der Waals surface area contributed by atoms with E-state index in [0.717, 1.165) is 18.4 Å². The predicted octanol–water partition coefficient (Wildman–Crippen LogP) is 5.04. The number of amides is 3. The molecular weight excluding hydrogens is 604 g/mol. The van der Waals surface area contributed by atoms with Crippen LogP contribution in [-0.2, 0) is 25.5 Å². The smallest absolute Gasteiger partial charge is 0.338 e. The number of hydrogen-bond acceptors (Lipinski definition) is 6. The number of ether oxygens (including phenoxy) is 1. The maximum absolute atomic E-state index is 13.9. The van der Waals surface area contributed by atoms with Crippen molar-refractivity contribution < 1.29 is 23.9 Å². The first kappa shape index (κ1) is 38.0. The Morgan fingerprint density at radius 3 is 2.04 bits per heavy atom. The molecule has 48 heavy (non-hydrogen) atoms. The predicted molar refractivity (Wildman–Crippen MR) is 189 cm³/mol. The molecule has 258 valence electrons. The number of nitrogens with zero attached hydrogens (tertiary/aromatic N) is 2. The van der Waals surface area contributed by atoms with Crippen molar-refractivity contribution in [3.05, 3.63) is 108 Å². The number of esters is 1. The number of nitrogens with one attached hydrogen (secondary N) is 2. The molecule has 3 aromatic carbocycles. The minimum atomic E-state index is -0.716. The lowest BCUT2D eigenvalue weighted by Gasteiger charge is -2.37. The van der Waals surface area contributed by atoms with Crippen LogP contribution in [0.4, 0.5) is 0 Å². The van der Waals surface area contributed by atoms with Crippen LogP contribution in [0.1, 0.15) is 62.0 Å². The molecule has 2 N–H and O–H groups in total. The molecule has 1 aliphatic heterocycles. The Bertz CT molecular complexity index is 1440. The number of hydrogen-bond donors (Lipinski definition) is 2. The van der Waals surface area contributed by atoms with Gasteiger partial charge in [0.05, 0.1) is 11.6 Å². The molecule has 2 unspecified atom stereocenters. The van der Waals surface area contributed by atoms with E-state index >= 15 is 0 Å². The van der Waals surface area contributed by atoms with Gasteiger partial charge < -0.3 is 25.2 Å². The Morgan fingerprint density at radius 2 is 1.50 bits per heavy atom. The van der Waals surface area contributed by atoms with E-state index in [1.165, 1.54) is 5.56 Å². The zero-order valence-corrected chi connectivity index (χ0v) is 29.3. The highest BCUT2D eigenvalue weighted by Gasteiger charge is 2.40. The van der Waals surface area contributed by atoms with Gasteiger partial charge in [-0.3, -0.25) is 14.4 Å². The first-order valence-electron chi connectivity index (χ1n) is 16.7. The number of likely N-dealkylation sites (N-methyl/N-ethyl adjacent to an activating group) is 1. The van der Waals surface area contributed by atoms with E-state index in [0.29, 0.717) is 31.6 Å². The number of carbonyl (C=O) groups excluding carboxylic acids is 4. The molecule has 0 aromatic heterocycles. The fourth-order valence-electron chi connectivity index (χ4n) is 5.42. The third kappa shape index (κ3) is 11.9. The Morgan fingerprint density at radius 1 is 0.917 bits per heavy atom. The van der Waals surface area contributed by atoms with E-state index in [-0.39, 0.29) is 30.4 Å². The summed E-state index contributed by atoms with van der Waals surface area (Å²) in [5, 5.41) is 5.86. The monoisotopic (exact) mass is 656 g/mol. The molecule has 9 nitrogen and oxygen atoms in total. The first-order chi connectivity index (χ1) is 22.9. The van der Waals surface area contributed by atoms with Crippen LogP contribution in [0, 0.1) is 12.3 Å². The molecule has 1 fully saturated rings. The maximum atomic E-state index is 13.9. The van der Waals surface area contributed by atoms with Crippen LogP contribution >= 0.6 is 0 Å². The fourth-order valence-corrected chi connectivity index (χ4v) is 5.42. The summed E-state index contributed by atoms with van der Waals surface area (Å²) in [6.45, 7) is 10.5. The van der Waals surface area contributed by atoms with Gasteiger partial charge in [0.25, 0.3) is 5.91 Å². The normalized spacial score (nSPS) is 15.4. The average molecular weight is 657 g/mol. The van der Waals surface area contributed by atoms with E-state index in [1.807, 2.05) is 69.3 Å². The Labute approximate surface area is 286 Å². The summed E-state index contributed by atoms with van der Waals surface area (Å²) in [7, 11) is 1.70. The quantitative estimate of drug-likeness (QED) is 0.265. The van der Waals surface area contributed by atoms with Crippen LogP contribution in [0.2, 0.25) is 0 Å². The minimum absolute atomic E-state index is 0.150.